The number of anilines is 6. The third kappa shape index (κ3) is 9.99. The maximum absolute atomic E-state index is 2.54. The van der Waals surface area contributed by atoms with E-state index in [2.05, 4.69) is 395 Å². The Morgan fingerprint density at radius 1 is 0.170 bits per heavy atom. The van der Waals surface area contributed by atoms with Crippen LogP contribution in [-0.2, 0) is 0 Å². The molecule has 0 saturated heterocycles. The first kappa shape index (κ1) is 55.6. The highest BCUT2D eigenvalue weighted by Gasteiger charge is 2.28. The first-order valence-electron chi connectivity index (χ1n) is 32.2. The van der Waals surface area contributed by atoms with Gasteiger partial charge in [0, 0.05) is 77.9 Å². The van der Waals surface area contributed by atoms with Gasteiger partial charge >= 0.3 is 0 Å². The topological polar surface area (TPSA) is 16.3 Å². The molecule has 0 atom stereocenters. The Hall–Kier alpha value is -12.5. The van der Waals surface area contributed by atoms with E-state index in [0.717, 1.165) is 129 Å². The van der Waals surface area contributed by atoms with Crippen molar-refractivity contribution in [3.05, 3.63) is 376 Å². The van der Waals surface area contributed by atoms with Gasteiger partial charge in [-0.2, -0.15) is 0 Å². The van der Waals surface area contributed by atoms with Gasteiger partial charge in [-0.25, -0.2) is 0 Å². The molecule has 0 amide bonds. The lowest BCUT2D eigenvalue weighted by Crippen LogP contribution is -2.16. The van der Waals surface area contributed by atoms with Gasteiger partial charge < -0.3 is 18.9 Å². The standard InChI is InChI=1S/C90H62N4/c1-7-29-63(30-8-1)70-58-75(62-76(59-70)92(90-79(66-35-13-4-14-36-66)50-28-51-80(90)67-37-15-5-16-38-67)73-43-26-44-74(61-73)94-85-52-22-19-45-81(85)82-46-20-23-53-86(82)94)91(89-77(64-31-9-2-10-32-64)48-27-49-78(89)65-33-11-3-12-34-65)72-42-25-39-68(57-72)69-55-56-88-84(60-69)83-47-21-24-54-87(83)93(88)71-40-17-6-18-41-71/h1-62H. The van der Waals surface area contributed by atoms with Crippen LogP contribution in [0.15, 0.2) is 376 Å². The van der Waals surface area contributed by atoms with Gasteiger partial charge in [-0.3, -0.25) is 0 Å². The zero-order chi connectivity index (χ0) is 62.3. The second-order valence-electron chi connectivity index (χ2n) is 24.0. The van der Waals surface area contributed by atoms with Crippen molar-refractivity contribution in [2.45, 2.75) is 0 Å². The molecule has 0 spiro atoms. The van der Waals surface area contributed by atoms with Crippen molar-refractivity contribution in [3.63, 3.8) is 0 Å². The molecule has 2 aromatic heterocycles. The monoisotopic (exact) mass is 1200 g/mol. The zero-order valence-corrected chi connectivity index (χ0v) is 51.6. The molecular weight excluding hydrogens is 1140 g/mol. The number of nitrogens with zero attached hydrogens (tertiary/aromatic N) is 4. The number of hydrogen-bond acceptors (Lipinski definition) is 2. The molecule has 0 fully saturated rings. The molecule has 442 valence electrons. The van der Waals surface area contributed by atoms with E-state index >= 15 is 0 Å². The van der Waals surface area contributed by atoms with Crippen molar-refractivity contribution in [2.24, 2.45) is 0 Å². The predicted octanol–water partition coefficient (Wildman–Crippen LogP) is 24.8. The van der Waals surface area contributed by atoms with E-state index in [0.29, 0.717) is 0 Å². The summed E-state index contributed by atoms with van der Waals surface area (Å²) < 4.78 is 4.82. The molecule has 2 heterocycles. The quantitative estimate of drug-likeness (QED) is 0.108. The highest BCUT2D eigenvalue weighted by molar-refractivity contribution is 6.12. The van der Waals surface area contributed by atoms with E-state index in [1.165, 1.54) is 27.1 Å². The van der Waals surface area contributed by atoms with E-state index in [4.69, 9.17) is 0 Å². The number of aromatic nitrogens is 2. The van der Waals surface area contributed by atoms with E-state index in [9.17, 15) is 0 Å². The molecule has 0 saturated carbocycles. The van der Waals surface area contributed by atoms with Crippen LogP contribution in [0.5, 0.6) is 0 Å². The minimum Gasteiger partial charge on any atom is -0.309 e. The molecule has 17 aromatic rings. The number of hydrogen-bond donors (Lipinski definition) is 0. The van der Waals surface area contributed by atoms with Crippen LogP contribution in [0, 0.1) is 0 Å². The summed E-state index contributed by atoms with van der Waals surface area (Å²) in [5.74, 6) is 0. The minimum absolute atomic E-state index is 0.983. The molecule has 15 aromatic carbocycles. The molecule has 0 aliphatic rings. The normalized spacial score (nSPS) is 11.4. The number of benzene rings is 15. The average molecular weight is 1200 g/mol. The molecule has 0 unspecified atom stereocenters. The predicted molar refractivity (Wildman–Crippen MR) is 397 cm³/mol. The fourth-order valence-corrected chi connectivity index (χ4v) is 14.2. The van der Waals surface area contributed by atoms with Crippen LogP contribution in [0.25, 0.3) is 122 Å². The van der Waals surface area contributed by atoms with Gasteiger partial charge in [-0.05, 0) is 136 Å². The number of fused-ring (bicyclic) bond motifs is 6. The molecule has 4 nitrogen and oxygen atoms in total. The van der Waals surface area contributed by atoms with Crippen LogP contribution in [-0.4, -0.2) is 9.13 Å². The summed E-state index contributed by atoms with van der Waals surface area (Å²) in [6.07, 6.45) is 0. The lowest BCUT2D eigenvalue weighted by atomic mass is 9.92. The minimum atomic E-state index is 0.983. The van der Waals surface area contributed by atoms with Crippen LogP contribution < -0.4 is 9.80 Å². The SMILES string of the molecule is c1ccc(-c2cc(N(c3cccc(-c4ccc5c(c4)c4ccccc4n5-c4ccccc4)c3)c3c(-c4ccccc4)cccc3-c3ccccc3)cc(N(c3cccc(-n4c5ccccc5c5ccccc54)c3)c3c(-c4ccccc4)cccc3-c3ccccc3)c2)cc1. The van der Waals surface area contributed by atoms with E-state index in [1.807, 2.05) is 0 Å². The van der Waals surface area contributed by atoms with Gasteiger partial charge in [0.1, 0.15) is 0 Å². The summed E-state index contributed by atoms with van der Waals surface area (Å²) in [6, 6.07) is 138. The Bertz CT molecular complexity index is 5430. The largest absolute Gasteiger partial charge is 0.309 e. The van der Waals surface area contributed by atoms with Crippen LogP contribution in [0.2, 0.25) is 0 Å². The third-order valence-corrected chi connectivity index (χ3v) is 18.4. The van der Waals surface area contributed by atoms with Crippen molar-refractivity contribution >= 4 is 77.7 Å². The Labute approximate surface area is 547 Å². The maximum atomic E-state index is 2.54. The smallest absolute Gasteiger partial charge is 0.0618 e. The van der Waals surface area contributed by atoms with E-state index in [-0.39, 0.29) is 0 Å². The van der Waals surface area contributed by atoms with Gasteiger partial charge in [0.25, 0.3) is 0 Å². The van der Waals surface area contributed by atoms with Gasteiger partial charge in [-0.15, -0.1) is 0 Å². The van der Waals surface area contributed by atoms with Gasteiger partial charge in [0.2, 0.25) is 0 Å². The van der Waals surface area contributed by atoms with Gasteiger partial charge in [0.15, 0.2) is 0 Å². The highest BCUT2D eigenvalue weighted by atomic mass is 15.2. The first-order valence-corrected chi connectivity index (χ1v) is 32.2. The van der Waals surface area contributed by atoms with Gasteiger partial charge in [-0.1, -0.05) is 285 Å². The van der Waals surface area contributed by atoms with E-state index in [1.54, 1.807) is 0 Å². The first-order chi connectivity index (χ1) is 46.7. The van der Waals surface area contributed by atoms with Gasteiger partial charge in [0.05, 0.1) is 33.4 Å². The second kappa shape index (κ2) is 24.0. The molecular formula is C90H62N4. The lowest BCUT2D eigenvalue weighted by molar-refractivity contribution is 1.17. The molecule has 4 heteroatoms. The summed E-state index contributed by atoms with van der Waals surface area (Å²) in [5, 5.41) is 4.85. The molecule has 0 bridgehead atoms. The van der Waals surface area contributed by atoms with Crippen LogP contribution in [0.3, 0.4) is 0 Å². The molecule has 94 heavy (non-hydrogen) atoms. The lowest BCUT2D eigenvalue weighted by Gasteiger charge is -2.34. The summed E-state index contributed by atoms with van der Waals surface area (Å²) in [5.41, 5.74) is 26.2. The Kier molecular flexibility index (Phi) is 14.2. The summed E-state index contributed by atoms with van der Waals surface area (Å²) in [7, 11) is 0. The Balaban J connectivity index is 0.968. The number of rotatable bonds is 14. The summed E-state index contributed by atoms with van der Waals surface area (Å²) in [4.78, 5) is 5.08. The van der Waals surface area contributed by atoms with Crippen LogP contribution >= 0.6 is 0 Å². The summed E-state index contributed by atoms with van der Waals surface area (Å²) >= 11 is 0. The Morgan fingerprint density at radius 2 is 0.489 bits per heavy atom. The molecule has 0 aliphatic heterocycles. The maximum Gasteiger partial charge on any atom is 0.0618 e. The van der Waals surface area contributed by atoms with Crippen LogP contribution in [0.4, 0.5) is 34.1 Å². The third-order valence-electron chi connectivity index (χ3n) is 18.4. The number of para-hydroxylation sites is 6. The van der Waals surface area contributed by atoms with Crippen molar-refractivity contribution < 1.29 is 0 Å². The van der Waals surface area contributed by atoms with Crippen molar-refractivity contribution in [1.29, 1.82) is 0 Å². The van der Waals surface area contributed by atoms with Crippen molar-refractivity contribution in [2.75, 3.05) is 9.80 Å². The molecule has 0 radical (unpaired) electrons. The van der Waals surface area contributed by atoms with Crippen molar-refractivity contribution in [3.8, 4) is 78.1 Å². The molecule has 0 N–H and O–H groups in total. The molecule has 0 aliphatic carbocycles. The fraction of sp³-hybridized carbons (Fsp3) is 0. The Morgan fingerprint density at radius 3 is 0.957 bits per heavy atom. The zero-order valence-electron chi connectivity index (χ0n) is 51.6. The molecule has 17 rings (SSSR count). The van der Waals surface area contributed by atoms with E-state index < -0.39 is 0 Å². The van der Waals surface area contributed by atoms with Crippen LogP contribution in [0.1, 0.15) is 0 Å². The highest BCUT2D eigenvalue weighted by Crippen LogP contribution is 2.53. The summed E-state index contributed by atoms with van der Waals surface area (Å²) in [6.45, 7) is 0. The second-order valence-corrected chi connectivity index (χ2v) is 24.0. The average Bonchev–Trinajstić information content (AvgIpc) is 1.03. The fourth-order valence-electron chi connectivity index (χ4n) is 14.2. The van der Waals surface area contributed by atoms with Crippen molar-refractivity contribution in [1.82, 2.24) is 9.13 Å².